The van der Waals surface area contributed by atoms with E-state index in [-0.39, 0.29) is 12.1 Å². The Labute approximate surface area is 124 Å². The Hall–Kier alpha value is -0.200. The van der Waals surface area contributed by atoms with E-state index in [9.17, 15) is 5.11 Å². The Kier molecular flexibility index (Phi) is 7.99. The van der Waals surface area contributed by atoms with E-state index in [1.54, 1.807) is 0 Å². The summed E-state index contributed by atoms with van der Waals surface area (Å²) >= 11 is 0. The molecule has 0 aromatic heterocycles. The van der Waals surface area contributed by atoms with Crippen molar-refractivity contribution in [3.63, 3.8) is 0 Å². The van der Waals surface area contributed by atoms with Gasteiger partial charge in [0, 0.05) is 51.4 Å². The van der Waals surface area contributed by atoms with Gasteiger partial charge in [-0.05, 0) is 34.0 Å². The third-order valence-electron chi connectivity index (χ3n) is 4.26. The summed E-state index contributed by atoms with van der Waals surface area (Å²) in [6.45, 7) is 13.4. The quantitative estimate of drug-likeness (QED) is 0.620. The first-order valence-corrected chi connectivity index (χ1v) is 7.94. The first-order valence-electron chi connectivity index (χ1n) is 7.94. The molecule has 1 fully saturated rings. The zero-order valence-electron chi connectivity index (χ0n) is 13.9. The van der Waals surface area contributed by atoms with Crippen LogP contribution in [0, 0.1) is 0 Å². The predicted molar refractivity (Wildman–Crippen MR) is 85.2 cm³/mol. The van der Waals surface area contributed by atoms with Crippen LogP contribution in [0.3, 0.4) is 0 Å². The van der Waals surface area contributed by atoms with Gasteiger partial charge in [0.1, 0.15) is 0 Å². The summed E-state index contributed by atoms with van der Waals surface area (Å²) in [5, 5.41) is 12.9. The first kappa shape index (κ1) is 17.9. The van der Waals surface area contributed by atoms with E-state index in [4.69, 9.17) is 0 Å². The van der Waals surface area contributed by atoms with E-state index in [1.807, 2.05) is 0 Å². The van der Waals surface area contributed by atoms with Gasteiger partial charge < -0.3 is 20.2 Å². The fraction of sp³-hybridized carbons (Fsp3) is 1.00. The number of aliphatic hydroxyl groups is 1. The van der Waals surface area contributed by atoms with Gasteiger partial charge in [0.15, 0.2) is 0 Å². The summed E-state index contributed by atoms with van der Waals surface area (Å²) in [6, 6.07) is 0. The summed E-state index contributed by atoms with van der Waals surface area (Å²) in [7, 11) is 4.26. The highest BCUT2D eigenvalue weighted by Gasteiger charge is 2.24. The summed E-state index contributed by atoms with van der Waals surface area (Å²) < 4.78 is 0. The van der Waals surface area contributed by atoms with Crippen molar-refractivity contribution in [1.82, 2.24) is 20.0 Å². The fourth-order valence-corrected chi connectivity index (χ4v) is 2.63. The number of rotatable bonds is 9. The lowest BCUT2D eigenvalue weighted by Gasteiger charge is -2.37. The number of aliphatic hydroxyl groups excluding tert-OH is 1. The van der Waals surface area contributed by atoms with E-state index in [2.05, 4.69) is 48.0 Å². The summed E-state index contributed by atoms with van der Waals surface area (Å²) in [5.41, 5.74) is -0.128. The van der Waals surface area contributed by atoms with Crippen molar-refractivity contribution in [3.8, 4) is 0 Å². The second-order valence-corrected chi connectivity index (χ2v) is 6.49. The Morgan fingerprint density at radius 1 is 1.10 bits per heavy atom. The van der Waals surface area contributed by atoms with E-state index in [1.165, 1.54) is 19.6 Å². The molecule has 20 heavy (non-hydrogen) atoms. The molecule has 0 radical (unpaired) electrons. The van der Waals surface area contributed by atoms with E-state index < -0.39 is 0 Å². The number of nitrogens with zero attached hydrogens (tertiary/aromatic N) is 3. The summed E-state index contributed by atoms with van der Waals surface area (Å²) in [6.07, 6.45) is 1.01. The van der Waals surface area contributed by atoms with Crippen LogP contribution in [0.25, 0.3) is 0 Å². The van der Waals surface area contributed by atoms with E-state index in [0.717, 1.165) is 39.1 Å². The van der Waals surface area contributed by atoms with Crippen molar-refractivity contribution in [1.29, 1.82) is 0 Å². The number of piperazine rings is 1. The van der Waals surface area contributed by atoms with Crippen molar-refractivity contribution in [3.05, 3.63) is 0 Å². The second kappa shape index (κ2) is 8.95. The van der Waals surface area contributed by atoms with Gasteiger partial charge in [0.2, 0.25) is 0 Å². The van der Waals surface area contributed by atoms with Crippen molar-refractivity contribution in [2.75, 3.05) is 73.1 Å². The Morgan fingerprint density at radius 3 is 2.10 bits per heavy atom. The maximum atomic E-state index is 9.52. The molecule has 0 bridgehead atoms. The largest absolute Gasteiger partial charge is 0.394 e. The minimum Gasteiger partial charge on any atom is -0.394 e. The van der Waals surface area contributed by atoms with Crippen LogP contribution in [0.15, 0.2) is 0 Å². The van der Waals surface area contributed by atoms with E-state index in [0.29, 0.717) is 0 Å². The highest BCUT2D eigenvalue weighted by atomic mass is 16.3. The Morgan fingerprint density at radius 2 is 1.65 bits per heavy atom. The molecule has 1 saturated heterocycles. The molecule has 120 valence electrons. The highest BCUT2D eigenvalue weighted by molar-refractivity contribution is 4.84. The van der Waals surface area contributed by atoms with Crippen LogP contribution in [0.4, 0.5) is 0 Å². The fourth-order valence-electron chi connectivity index (χ4n) is 2.63. The number of likely N-dealkylation sites (N-methyl/N-ethyl adjacent to an activating group) is 2. The van der Waals surface area contributed by atoms with Gasteiger partial charge in [-0.2, -0.15) is 0 Å². The molecule has 1 heterocycles. The molecule has 1 rings (SSSR count). The molecule has 0 aromatic carbocycles. The standard InChI is InChI=1S/C15H34N4O/c1-5-16-15(2,14-20)6-7-18-10-12-19(13-11-18)9-8-17(3)4/h16,20H,5-14H2,1-4H3. The molecule has 5 nitrogen and oxygen atoms in total. The van der Waals surface area contributed by atoms with Crippen LogP contribution < -0.4 is 5.32 Å². The minimum absolute atomic E-state index is 0.128. The molecule has 1 aliphatic rings. The van der Waals surface area contributed by atoms with Crippen LogP contribution in [-0.2, 0) is 0 Å². The maximum absolute atomic E-state index is 9.52. The molecule has 1 atom stereocenters. The van der Waals surface area contributed by atoms with Gasteiger partial charge in [-0.3, -0.25) is 4.90 Å². The van der Waals surface area contributed by atoms with Gasteiger partial charge in [-0.1, -0.05) is 6.92 Å². The van der Waals surface area contributed by atoms with Crippen LogP contribution in [0.5, 0.6) is 0 Å². The van der Waals surface area contributed by atoms with Gasteiger partial charge in [0.25, 0.3) is 0 Å². The normalized spacial score (nSPS) is 21.3. The van der Waals surface area contributed by atoms with Crippen molar-refractivity contribution < 1.29 is 5.11 Å². The van der Waals surface area contributed by atoms with Crippen molar-refractivity contribution in [2.24, 2.45) is 0 Å². The molecule has 5 heteroatoms. The third-order valence-corrected chi connectivity index (χ3v) is 4.26. The lowest BCUT2D eigenvalue weighted by Crippen LogP contribution is -2.51. The van der Waals surface area contributed by atoms with Gasteiger partial charge in [-0.25, -0.2) is 0 Å². The lowest BCUT2D eigenvalue weighted by molar-refractivity contribution is 0.103. The molecule has 1 aliphatic heterocycles. The molecule has 0 saturated carbocycles. The first-order chi connectivity index (χ1) is 9.49. The molecule has 0 amide bonds. The topological polar surface area (TPSA) is 42.0 Å². The zero-order chi connectivity index (χ0) is 15.0. The lowest BCUT2D eigenvalue weighted by atomic mass is 9.98. The summed E-state index contributed by atoms with van der Waals surface area (Å²) in [5.74, 6) is 0. The van der Waals surface area contributed by atoms with Crippen molar-refractivity contribution in [2.45, 2.75) is 25.8 Å². The van der Waals surface area contributed by atoms with Crippen LogP contribution >= 0.6 is 0 Å². The SMILES string of the molecule is CCNC(C)(CO)CCN1CCN(CCN(C)C)CC1. The number of nitrogens with one attached hydrogen (secondary N) is 1. The predicted octanol–water partition coefficient (Wildman–Crippen LogP) is -0.0838. The van der Waals surface area contributed by atoms with Crippen LogP contribution in [0.1, 0.15) is 20.3 Å². The second-order valence-electron chi connectivity index (χ2n) is 6.49. The zero-order valence-corrected chi connectivity index (χ0v) is 13.9. The summed E-state index contributed by atoms with van der Waals surface area (Å²) in [4.78, 5) is 7.32. The van der Waals surface area contributed by atoms with Gasteiger partial charge >= 0.3 is 0 Å². The molecule has 1 unspecified atom stereocenters. The third kappa shape index (κ3) is 6.50. The molecule has 0 spiro atoms. The average Bonchev–Trinajstić information content (AvgIpc) is 2.44. The molecule has 2 N–H and O–H groups in total. The van der Waals surface area contributed by atoms with E-state index >= 15 is 0 Å². The van der Waals surface area contributed by atoms with Crippen LogP contribution in [-0.4, -0.2) is 98.4 Å². The Bertz CT molecular complexity index is 254. The minimum atomic E-state index is -0.128. The molecule has 0 aliphatic carbocycles. The number of hydrogen-bond donors (Lipinski definition) is 2. The smallest absolute Gasteiger partial charge is 0.0611 e. The maximum Gasteiger partial charge on any atom is 0.0611 e. The van der Waals surface area contributed by atoms with Crippen molar-refractivity contribution >= 4 is 0 Å². The number of hydrogen-bond acceptors (Lipinski definition) is 5. The van der Waals surface area contributed by atoms with Crippen LogP contribution in [0.2, 0.25) is 0 Å². The average molecular weight is 286 g/mol. The highest BCUT2D eigenvalue weighted by Crippen LogP contribution is 2.11. The Balaban J connectivity index is 2.22. The van der Waals surface area contributed by atoms with Gasteiger partial charge in [-0.15, -0.1) is 0 Å². The molecular weight excluding hydrogens is 252 g/mol. The van der Waals surface area contributed by atoms with Gasteiger partial charge in [0.05, 0.1) is 6.61 Å². The molecular formula is C15H34N4O. The monoisotopic (exact) mass is 286 g/mol. The molecule has 0 aromatic rings.